The molecule has 0 spiro atoms. The monoisotopic (exact) mass is 532 g/mol. The lowest BCUT2D eigenvalue weighted by molar-refractivity contribution is -0.147. The zero-order valence-corrected chi connectivity index (χ0v) is 19.8. The van der Waals surface area contributed by atoms with Crippen molar-refractivity contribution >= 4 is 41.8 Å². The van der Waals surface area contributed by atoms with Crippen molar-refractivity contribution in [3.63, 3.8) is 0 Å². The van der Waals surface area contributed by atoms with Crippen molar-refractivity contribution in [2.75, 3.05) is 26.7 Å². The van der Waals surface area contributed by atoms with E-state index in [1.54, 1.807) is 13.1 Å². The minimum absolute atomic E-state index is 0. The third-order valence-corrected chi connectivity index (χ3v) is 5.22. The van der Waals surface area contributed by atoms with Gasteiger partial charge in [-0.1, -0.05) is 6.07 Å². The van der Waals surface area contributed by atoms with E-state index in [0.717, 1.165) is 18.4 Å². The normalized spacial score (nSPS) is 18.0. The number of imide groups is 1. The minimum atomic E-state index is -0.373. The first-order chi connectivity index (χ1) is 14.0. The average molecular weight is 532 g/mol. The van der Waals surface area contributed by atoms with Gasteiger partial charge in [-0.2, -0.15) is 0 Å². The van der Waals surface area contributed by atoms with Gasteiger partial charge >= 0.3 is 0 Å². The standard InChI is InChI=1S/C21H29FN4O3.HI/c1-14(16-8-9-18(17(22)12-16)29-13-15-6-7-15)25-21(23-2)24-10-11-26-19(27)4-3-5-20(26)28;/h8-9,12,14-15H,3-7,10-11,13H2,1-2H3,(H2,23,24,25);1H. The number of ether oxygens (including phenoxy) is 1. The molecule has 0 bridgehead atoms. The van der Waals surface area contributed by atoms with Crippen LogP contribution < -0.4 is 15.4 Å². The van der Waals surface area contributed by atoms with E-state index in [1.165, 1.54) is 11.0 Å². The van der Waals surface area contributed by atoms with E-state index in [9.17, 15) is 14.0 Å². The van der Waals surface area contributed by atoms with E-state index in [2.05, 4.69) is 15.6 Å². The Bertz CT molecular complexity index is 770. The molecule has 1 aromatic carbocycles. The summed E-state index contributed by atoms with van der Waals surface area (Å²) in [6.45, 7) is 3.17. The fourth-order valence-electron chi connectivity index (χ4n) is 3.21. The van der Waals surface area contributed by atoms with Crippen LogP contribution in [-0.2, 0) is 9.59 Å². The van der Waals surface area contributed by atoms with Crippen LogP contribution >= 0.6 is 24.0 Å². The first-order valence-electron chi connectivity index (χ1n) is 10.2. The van der Waals surface area contributed by atoms with Crippen molar-refractivity contribution < 1.29 is 18.7 Å². The molecule has 2 aliphatic rings. The van der Waals surface area contributed by atoms with Crippen molar-refractivity contribution in [2.45, 2.75) is 45.1 Å². The summed E-state index contributed by atoms with van der Waals surface area (Å²) >= 11 is 0. The molecular weight excluding hydrogens is 502 g/mol. The topological polar surface area (TPSA) is 83.0 Å². The number of nitrogens with zero attached hydrogens (tertiary/aromatic N) is 2. The molecule has 1 saturated carbocycles. The summed E-state index contributed by atoms with van der Waals surface area (Å²) in [7, 11) is 1.63. The predicted octanol–water partition coefficient (Wildman–Crippen LogP) is 3.00. The molecule has 3 rings (SSSR count). The summed E-state index contributed by atoms with van der Waals surface area (Å²) in [6.07, 6.45) is 3.78. The zero-order chi connectivity index (χ0) is 20.8. The molecule has 9 heteroatoms. The van der Waals surface area contributed by atoms with Gasteiger partial charge in [-0.3, -0.25) is 19.5 Å². The summed E-state index contributed by atoms with van der Waals surface area (Å²) in [5.41, 5.74) is 0.769. The number of rotatable bonds is 8. The van der Waals surface area contributed by atoms with Crippen LogP contribution in [-0.4, -0.2) is 49.4 Å². The third-order valence-electron chi connectivity index (χ3n) is 5.22. The Morgan fingerprint density at radius 1 is 1.30 bits per heavy atom. The molecule has 1 aliphatic carbocycles. The highest BCUT2D eigenvalue weighted by atomic mass is 127. The van der Waals surface area contributed by atoms with Gasteiger partial charge in [0.1, 0.15) is 0 Å². The van der Waals surface area contributed by atoms with Crippen molar-refractivity contribution in [3.05, 3.63) is 29.6 Å². The molecule has 1 aliphatic heterocycles. The van der Waals surface area contributed by atoms with Crippen molar-refractivity contribution in [3.8, 4) is 5.75 Å². The molecule has 1 unspecified atom stereocenters. The maximum absolute atomic E-state index is 14.3. The van der Waals surface area contributed by atoms with Gasteiger partial charge in [0.2, 0.25) is 11.8 Å². The van der Waals surface area contributed by atoms with Gasteiger partial charge in [-0.05, 0) is 49.8 Å². The van der Waals surface area contributed by atoms with Crippen LogP contribution in [0.4, 0.5) is 4.39 Å². The maximum Gasteiger partial charge on any atom is 0.229 e. The number of halogens is 2. The Labute approximate surface area is 193 Å². The van der Waals surface area contributed by atoms with Crippen molar-refractivity contribution in [2.24, 2.45) is 10.9 Å². The molecule has 0 radical (unpaired) electrons. The molecule has 1 saturated heterocycles. The molecule has 1 atom stereocenters. The Morgan fingerprint density at radius 2 is 2.00 bits per heavy atom. The second-order valence-corrected chi connectivity index (χ2v) is 7.60. The Balaban J connectivity index is 0.00000320. The predicted molar refractivity (Wildman–Crippen MR) is 124 cm³/mol. The first kappa shape index (κ1) is 24.4. The van der Waals surface area contributed by atoms with E-state index in [1.807, 2.05) is 13.0 Å². The number of hydrogen-bond acceptors (Lipinski definition) is 4. The Morgan fingerprint density at radius 3 is 2.60 bits per heavy atom. The third kappa shape index (κ3) is 6.82. The van der Waals surface area contributed by atoms with Crippen LogP contribution in [0.15, 0.2) is 23.2 Å². The highest BCUT2D eigenvalue weighted by Crippen LogP contribution is 2.30. The Hall–Kier alpha value is -1.91. The molecule has 1 aromatic rings. The van der Waals surface area contributed by atoms with E-state index < -0.39 is 0 Å². The van der Waals surface area contributed by atoms with E-state index in [0.29, 0.717) is 50.8 Å². The summed E-state index contributed by atoms with van der Waals surface area (Å²) in [6, 6.07) is 4.78. The lowest BCUT2D eigenvalue weighted by Gasteiger charge is -2.25. The average Bonchev–Trinajstić information content (AvgIpc) is 3.52. The molecule has 2 amide bonds. The number of hydrogen-bond donors (Lipinski definition) is 2. The largest absolute Gasteiger partial charge is 0.490 e. The highest BCUT2D eigenvalue weighted by molar-refractivity contribution is 14.0. The number of benzene rings is 1. The number of piperidine rings is 1. The maximum atomic E-state index is 14.3. The Kier molecular flexibility index (Phi) is 9.32. The molecular formula is C21H30FIN4O3. The highest BCUT2D eigenvalue weighted by Gasteiger charge is 2.25. The zero-order valence-electron chi connectivity index (χ0n) is 17.4. The lowest BCUT2D eigenvalue weighted by Crippen LogP contribution is -2.46. The number of guanidine groups is 1. The molecule has 2 N–H and O–H groups in total. The minimum Gasteiger partial charge on any atom is -0.490 e. The van der Waals surface area contributed by atoms with Crippen LogP contribution in [0.3, 0.4) is 0 Å². The van der Waals surface area contributed by atoms with Crippen molar-refractivity contribution in [1.29, 1.82) is 0 Å². The van der Waals surface area contributed by atoms with Gasteiger partial charge in [-0.15, -0.1) is 24.0 Å². The molecule has 0 aromatic heterocycles. The van der Waals surface area contributed by atoms with Gasteiger partial charge < -0.3 is 15.4 Å². The fourth-order valence-corrected chi connectivity index (χ4v) is 3.21. The van der Waals surface area contributed by atoms with Crippen LogP contribution in [0.2, 0.25) is 0 Å². The summed E-state index contributed by atoms with van der Waals surface area (Å²) in [4.78, 5) is 29.1. The van der Waals surface area contributed by atoms with Crippen molar-refractivity contribution in [1.82, 2.24) is 15.5 Å². The van der Waals surface area contributed by atoms with Gasteiger partial charge in [0.15, 0.2) is 17.5 Å². The van der Waals surface area contributed by atoms with Crippen LogP contribution in [0.5, 0.6) is 5.75 Å². The molecule has 30 heavy (non-hydrogen) atoms. The number of nitrogens with one attached hydrogen (secondary N) is 2. The van der Waals surface area contributed by atoms with E-state index in [4.69, 9.17) is 4.74 Å². The number of likely N-dealkylation sites (tertiary alicyclic amines) is 1. The van der Waals surface area contributed by atoms with Gasteiger partial charge in [-0.25, -0.2) is 4.39 Å². The fraction of sp³-hybridized carbons (Fsp3) is 0.571. The second kappa shape index (κ2) is 11.5. The second-order valence-electron chi connectivity index (χ2n) is 7.60. The summed E-state index contributed by atoms with van der Waals surface area (Å²) in [5.74, 6) is 0.745. The molecule has 166 valence electrons. The van der Waals surface area contributed by atoms with E-state index in [-0.39, 0.29) is 53.4 Å². The summed E-state index contributed by atoms with van der Waals surface area (Å²) in [5, 5.41) is 6.29. The molecule has 1 heterocycles. The summed E-state index contributed by atoms with van der Waals surface area (Å²) < 4.78 is 19.8. The van der Waals surface area contributed by atoms with Crippen LogP contribution in [0.1, 0.15) is 50.6 Å². The lowest BCUT2D eigenvalue weighted by atomic mass is 10.1. The van der Waals surface area contributed by atoms with Gasteiger partial charge in [0.05, 0.1) is 12.6 Å². The number of aliphatic imine (C=N–C) groups is 1. The van der Waals surface area contributed by atoms with Gasteiger partial charge in [0, 0.05) is 33.0 Å². The molecule has 7 nitrogen and oxygen atoms in total. The SMILES string of the molecule is CN=C(NCCN1C(=O)CCCC1=O)NC(C)c1ccc(OCC2CC2)c(F)c1.I. The number of carbonyl (C=O) groups excluding carboxylic acids is 2. The first-order valence-corrected chi connectivity index (χ1v) is 10.2. The quantitative estimate of drug-likeness (QED) is 0.233. The number of carbonyl (C=O) groups is 2. The van der Waals surface area contributed by atoms with Crippen LogP contribution in [0.25, 0.3) is 0 Å². The van der Waals surface area contributed by atoms with Gasteiger partial charge in [0.25, 0.3) is 0 Å². The number of amides is 2. The van der Waals surface area contributed by atoms with E-state index >= 15 is 0 Å². The smallest absolute Gasteiger partial charge is 0.229 e. The van der Waals surface area contributed by atoms with Crippen LogP contribution in [0, 0.1) is 11.7 Å². The molecule has 2 fully saturated rings.